The summed E-state index contributed by atoms with van der Waals surface area (Å²) in [6.45, 7) is 10.5. The van der Waals surface area contributed by atoms with Crippen molar-refractivity contribution in [1.29, 1.82) is 0 Å². The van der Waals surface area contributed by atoms with Gasteiger partial charge in [-0.15, -0.1) is 0 Å². The van der Waals surface area contributed by atoms with E-state index in [0.717, 1.165) is 47.8 Å². The average Bonchev–Trinajstić information content (AvgIpc) is 3.26. The van der Waals surface area contributed by atoms with E-state index >= 15 is 0 Å². The van der Waals surface area contributed by atoms with Crippen molar-refractivity contribution in [2.45, 2.75) is 52.1 Å². The van der Waals surface area contributed by atoms with Crippen LogP contribution in [0.4, 0.5) is 5.95 Å². The molecule has 4 heterocycles. The minimum Gasteiger partial charge on any atom is -0.375 e. The van der Waals surface area contributed by atoms with Crippen LogP contribution in [0.25, 0.3) is 17.2 Å². The number of nitrogens with zero attached hydrogens (tertiary/aromatic N) is 6. The van der Waals surface area contributed by atoms with Gasteiger partial charge in [0.25, 0.3) is 0 Å². The predicted octanol–water partition coefficient (Wildman–Crippen LogP) is 5.26. The van der Waals surface area contributed by atoms with E-state index in [1.165, 1.54) is 22.3 Å². The number of methoxy groups -OCH3 is 1. The van der Waals surface area contributed by atoms with Crippen LogP contribution in [0, 0.1) is 6.92 Å². The molecular formula is C30H36N6O. The van der Waals surface area contributed by atoms with E-state index in [-0.39, 0.29) is 11.5 Å². The van der Waals surface area contributed by atoms with Gasteiger partial charge in [-0.1, -0.05) is 45.0 Å². The molecule has 192 valence electrons. The monoisotopic (exact) mass is 496 g/mol. The van der Waals surface area contributed by atoms with Crippen LogP contribution in [0.5, 0.6) is 0 Å². The first-order chi connectivity index (χ1) is 17.7. The number of benzene rings is 1. The second kappa shape index (κ2) is 10.1. The van der Waals surface area contributed by atoms with E-state index in [2.05, 4.69) is 66.8 Å². The molecule has 0 saturated carbocycles. The first kappa shape index (κ1) is 25.1. The highest BCUT2D eigenvalue weighted by Crippen LogP contribution is 2.29. The summed E-state index contributed by atoms with van der Waals surface area (Å²) in [4.78, 5) is 21.0. The van der Waals surface area contributed by atoms with Crippen molar-refractivity contribution in [3.63, 3.8) is 0 Å². The molecule has 1 saturated heterocycles. The lowest BCUT2D eigenvalue weighted by Crippen LogP contribution is -2.41. The summed E-state index contributed by atoms with van der Waals surface area (Å²) >= 11 is 0. The number of piperidine rings is 1. The van der Waals surface area contributed by atoms with Crippen LogP contribution in [0.2, 0.25) is 0 Å². The van der Waals surface area contributed by atoms with Gasteiger partial charge in [-0.2, -0.15) is 4.98 Å². The zero-order valence-corrected chi connectivity index (χ0v) is 22.7. The van der Waals surface area contributed by atoms with Gasteiger partial charge in [0.1, 0.15) is 5.52 Å². The van der Waals surface area contributed by atoms with Crippen molar-refractivity contribution in [3.8, 4) is 0 Å². The number of aryl methyl sites for hydroxylation is 2. The summed E-state index contributed by atoms with van der Waals surface area (Å²) in [7, 11) is 3.78. The van der Waals surface area contributed by atoms with E-state index in [0.29, 0.717) is 6.54 Å². The van der Waals surface area contributed by atoms with Gasteiger partial charge in [0.05, 0.1) is 24.7 Å². The molecule has 3 aromatic heterocycles. The third-order valence-corrected chi connectivity index (χ3v) is 7.30. The van der Waals surface area contributed by atoms with E-state index in [9.17, 15) is 0 Å². The minimum atomic E-state index is -0.0286. The Morgan fingerprint density at radius 1 is 1.11 bits per heavy atom. The molecule has 1 aliphatic heterocycles. The summed E-state index contributed by atoms with van der Waals surface area (Å²) in [5.41, 5.74) is 9.12. The van der Waals surface area contributed by atoms with Crippen LogP contribution in [0.15, 0.2) is 54.6 Å². The Morgan fingerprint density at radius 3 is 2.62 bits per heavy atom. The van der Waals surface area contributed by atoms with Crippen LogP contribution >= 0.6 is 0 Å². The fraction of sp³-hybridized carbons (Fsp3) is 0.400. The van der Waals surface area contributed by atoms with Crippen LogP contribution in [0.3, 0.4) is 0 Å². The molecule has 7 nitrogen and oxygen atoms in total. The topological polar surface area (TPSA) is 69.0 Å². The zero-order valence-electron chi connectivity index (χ0n) is 22.7. The molecule has 0 bridgehead atoms. The lowest BCUT2D eigenvalue weighted by atomic mass is 9.84. The molecule has 1 fully saturated rings. The summed E-state index contributed by atoms with van der Waals surface area (Å²) in [5, 5.41) is 0. The lowest BCUT2D eigenvalue weighted by molar-refractivity contribution is 0.127. The Hall–Kier alpha value is -3.58. The molecule has 1 atom stereocenters. The highest BCUT2D eigenvalue weighted by atomic mass is 16.5. The second-order valence-electron chi connectivity index (χ2n) is 11.0. The van der Waals surface area contributed by atoms with Crippen molar-refractivity contribution >= 4 is 23.2 Å². The van der Waals surface area contributed by atoms with Gasteiger partial charge in [-0.3, -0.25) is 4.98 Å². The van der Waals surface area contributed by atoms with Crippen molar-refractivity contribution in [2.75, 3.05) is 25.1 Å². The van der Waals surface area contributed by atoms with E-state index in [4.69, 9.17) is 14.7 Å². The van der Waals surface area contributed by atoms with E-state index in [1.807, 2.05) is 42.5 Å². The SMILES string of the molecule is COC1CN(c2nc(Cc3cc(C(C)(C)C)ccc3C)c3c(ncn3C)n2)CC/C1=C\c1ccncc1. The lowest BCUT2D eigenvalue weighted by Gasteiger charge is -2.34. The second-order valence-corrected chi connectivity index (χ2v) is 11.0. The van der Waals surface area contributed by atoms with Gasteiger partial charge in [0, 0.05) is 39.5 Å². The summed E-state index contributed by atoms with van der Waals surface area (Å²) in [6.07, 6.45) is 9.27. The number of rotatable bonds is 5. The Bertz CT molecular complexity index is 1430. The molecular weight excluding hydrogens is 460 g/mol. The predicted molar refractivity (Wildman–Crippen MR) is 149 cm³/mol. The largest absolute Gasteiger partial charge is 0.375 e. The van der Waals surface area contributed by atoms with Gasteiger partial charge in [0.2, 0.25) is 5.95 Å². The van der Waals surface area contributed by atoms with Gasteiger partial charge < -0.3 is 14.2 Å². The molecule has 37 heavy (non-hydrogen) atoms. The van der Waals surface area contributed by atoms with Crippen molar-refractivity contribution in [1.82, 2.24) is 24.5 Å². The molecule has 4 aromatic rings. The van der Waals surface area contributed by atoms with Crippen molar-refractivity contribution in [3.05, 3.63) is 82.6 Å². The average molecular weight is 497 g/mol. The third-order valence-electron chi connectivity index (χ3n) is 7.30. The first-order valence-electron chi connectivity index (χ1n) is 12.9. The minimum absolute atomic E-state index is 0.0286. The first-order valence-corrected chi connectivity index (χ1v) is 12.9. The number of pyridine rings is 1. The summed E-state index contributed by atoms with van der Waals surface area (Å²) in [6, 6.07) is 10.8. The molecule has 7 heteroatoms. The van der Waals surface area contributed by atoms with Crippen LogP contribution < -0.4 is 4.90 Å². The summed E-state index contributed by atoms with van der Waals surface area (Å²) in [5.74, 6) is 0.718. The Balaban J connectivity index is 1.48. The number of imidazole rings is 1. The Kier molecular flexibility index (Phi) is 6.82. The number of fused-ring (bicyclic) bond motifs is 1. The quantitative estimate of drug-likeness (QED) is 0.375. The zero-order chi connectivity index (χ0) is 26.2. The maximum absolute atomic E-state index is 5.91. The third kappa shape index (κ3) is 5.27. The molecule has 0 amide bonds. The standard InChI is InChI=1S/C30H36N6O/c1-20-7-8-24(30(2,3)4)16-23(20)17-25-27-28(32-19-35(27)5)34-29(33-25)36-14-11-22(26(18-36)37-6)15-21-9-12-31-13-10-21/h7-10,12-13,15-16,19,26H,11,14,17-18H2,1-6H3/b22-15+. The summed E-state index contributed by atoms with van der Waals surface area (Å²) < 4.78 is 7.93. The molecule has 0 N–H and O–H groups in total. The molecule has 1 aromatic carbocycles. The highest BCUT2D eigenvalue weighted by molar-refractivity contribution is 5.75. The Labute approximate surface area is 219 Å². The van der Waals surface area contributed by atoms with Crippen LogP contribution in [-0.2, 0) is 23.6 Å². The van der Waals surface area contributed by atoms with Gasteiger partial charge in [0.15, 0.2) is 5.65 Å². The number of ether oxygens (including phenoxy) is 1. The molecule has 5 rings (SSSR count). The fourth-order valence-electron chi connectivity index (χ4n) is 4.98. The molecule has 0 aliphatic carbocycles. The number of aromatic nitrogens is 5. The number of hydrogen-bond acceptors (Lipinski definition) is 6. The number of hydrogen-bond donors (Lipinski definition) is 0. The molecule has 0 radical (unpaired) electrons. The van der Waals surface area contributed by atoms with Crippen molar-refractivity contribution < 1.29 is 4.74 Å². The van der Waals surface area contributed by atoms with Crippen LogP contribution in [-0.4, -0.2) is 50.8 Å². The molecule has 1 aliphatic rings. The van der Waals surface area contributed by atoms with Gasteiger partial charge >= 0.3 is 0 Å². The van der Waals surface area contributed by atoms with Gasteiger partial charge in [-0.05, 0) is 58.7 Å². The number of anilines is 1. The van der Waals surface area contributed by atoms with E-state index in [1.54, 1.807) is 7.11 Å². The van der Waals surface area contributed by atoms with Crippen molar-refractivity contribution in [2.24, 2.45) is 7.05 Å². The Morgan fingerprint density at radius 2 is 1.89 bits per heavy atom. The molecule has 1 unspecified atom stereocenters. The van der Waals surface area contributed by atoms with E-state index < -0.39 is 0 Å². The maximum Gasteiger partial charge on any atom is 0.227 e. The normalized spacial score (nSPS) is 17.6. The van der Waals surface area contributed by atoms with Gasteiger partial charge in [-0.25, -0.2) is 9.97 Å². The smallest absolute Gasteiger partial charge is 0.227 e. The molecule has 0 spiro atoms. The maximum atomic E-state index is 5.91. The highest BCUT2D eigenvalue weighted by Gasteiger charge is 2.27. The fourth-order valence-corrected chi connectivity index (χ4v) is 4.98. The van der Waals surface area contributed by atoms with Crippen LogP contribution in [0.1, 0.15) is 55.1 Å².